The molecule has 0 aliphatic heterocycles. The number of sulfonamides is 1. The summed E-state index contributed by atoms with van der Waals surface area (Å²) in [5.41, 5.74) is 1.36. The predicted octanol–water partition coefficient (Wildman–Crippen LogP) is 1.53. The van der Waals surface area contributed by atoms with Crippen LogP contribution in [0, 0.1) is 13.8 Å². The minimum absolute atomic E-state index is 0.0586. The van der Waals surface area contributed by atoms with E-state index in [0.717, 1.165) is 6.42 Å². The van der Waals surface area contributed by atoms with Gasteiger partial charge >= 0.3 is 5.97 Å². The van der Waals surface area contributed by atoms with E-state index >= 15 is 0 Å². The van der Waals surface area contributed by atoms with Gasteiger partial charge in [0.15, 0.2) is 0 Å². The van der Waals surface area contributed by atoms with Gasteiger partial charge in [-0.2, -0.15) is 0 Å². The van der Waals surface area contributed by atoms with Crippen molar-refractivity contribution in [3.8, 4) is 0 Å². The van der Waals surface area contributed by atoms with E-state index in [-0.39, 0.29) is 17.1 Å². The van der Waals surface area contributed by atoms with Gasteiger partial charge in [-0.15, -0.1) is 0 Å². The maximum atomic E-state index is 11.9. The molecule has 1 rings (SSSR count). The average Bonchev–Trinajstić information content (AvgIpc) is 2.39. The number of esters is 1. The number of aryl methyl sites for hydroxylation is 1. The Morgan fingerprint density at radius 3 is 2.43 bits per heavy atom. The molecule has 1 aromatic rings. The Morgan fingerprint density at radius 1 is 1.19 bits per heavy atom. The number of ether oxygens (including phenoxy) is 2. The van der Waals surface area contributed by atoms with Crippen LogP contribution in [0.25, 0.3) is 0 Å². The van der Waals surface area contributed by atoms with Crippen molar-refractivity contribution in [3.63, 3.8) is 0 Å². The molecule has 0 fully saturated rings. The van der Waals surface area contributed by atoms with Gasteiger partial charge in [-0.25, -0.2) is 18.4 Å². The van der Waals surface area contributed by atoms with Gasteiger partial charge in [-0.05, 0) is 43.5 Å². The normalized spacial score (nSPS) is 11.4. The highest BCUT2D eigenvalue weighted by atomic mass is 32.2. The SMILES string of the molecule is CCCOCCOC(=O)c1cc(C)c(C)c(S(N)(=O)=O)c1. The minimum Gasteiger partial charge on any atom is -0.460 e. The highest BCUT2D eigenvalue weighted by Crippen LogP contribution is 2.20. The first-order chi connectivity index (χ1) is 9.77. The fourth-order valence-corrected chi connectivity index (χ4v) is 2.64. The zero-order chi connectivity index (χ0) is 16.0. The first kappa shape index (κ1) is 17.6. The van der Waals surface area contributed by atoms with Crippen molar-refractivity contribution in [1.29, 1.82) is 0 Å². The van der Waals surface area contributed by atoms with Gasteiger partial charge in [0.1, 0.15) is 6.61 Å². The third-order valence-electron chi connectivity index (χ3n) is 2.97. The van der Waals surface area contributed by atoms with E-state index in [1.54, 1.807) is 19.9 Å². The summed E-state index contributed by atoms with van der Waals surface area (Å²) in [7, 11) is -3.88. The molecule has 0 heterocycles. The van der Waals surface area contributed by atoms with Gasteiger partial charge in [-0.1, -0.05) is 6.92 Å². The third-order valence-corrected chi connectivity index (χ3v) is 4.01. The number of carbonyl (C=O) groups excluding carboxylic acids is 1. The van der Waals surface area contributed by atoms with E-state index in [4.69, 9.17) is 14.6 Å². The van der Waals surface area contributed by atoms with Crippen LogP contribution in [-0.4, -0.2) is 34.2 Å². The Balaban J connectivity index is 2.84. The van der Waals surface area contributed by atoms with Crippen molar-refractivity contribution >= 4 is 16.0 Å². The average molecular weight is 315 g/mol. The molecule has 7 heteroatoms. The molecule has 1 aromatic carbocycles. The number of nitrogens with two attached hydrogens (primary N) is 1. The topological polar surface area (TPSA) is 95.7 Å². The molecule has 0 radical (unpaired) electrons. The Morgan fingerprint density at radius 2 is 1.86 bits per heavy atom. The van der Waals surface area contributed by atoms with Crippen molar-refractivity contribution in [2.75, 3.05) is 19.8 Å². The number of primary sulfonamides is 1. The van der Waals surface area contributed by atoms with Crippen LogP contribution in [-0.2, 0) is 19.5 Å². The van der Waals surface area contributed by atoms with Crippen molar-refractivity contribution in [1.82, 2.24) is 0 Å². The Bertz CT molecular complexity index is 610. The van der Waals surface area contributed by atoms with E-state index in [1.807, 2.05) is 6.92 Å². The van der Waals surface area contributed by atoms with Crippen LogP contribution in [0.5, 0.6) is 0 Å². The van der Waals surface area contributed by atoms with E-state index < -0.39 is 16.0 Å². The zero-order valence-corrected chi connectivity index (χ0v) is 13.3. The highest BCUT2D eigenvalue weighted by molar-refractivity contribution is 7.89. The van der Waals surface area contributed by atoms with E-state index in [0.29, 0.717) is 24.3 Å². The maximum absolute atomic E-state index is 11.9. The lowest BCUT2D eigenvalue weighted by atomic mass is 10.1. The van der Waals surface area contributed by atoms with Crippen LogP contribution in [0.2, 0.25) is 0 Å². The number of hydrogen-bond donors (Lipinski definition) is 1. The Hall–Kier alpha value is -1.44. The molecular formula is C14H21NO5S. The van der Waals surface area contributed by atoms with Gasteiger partial charge < -0.3 is 9.47 Å². The lowest BCUT2D eigenvalue weighted by molar-refractivity contribution is 0.0318. The summed E-state index contributed by atoms with van der Waals surface area (Å²) in [6.45, 7) is 6.38. The molecule has 0 amide bonds. The standard InChI is InChI=1S/C14H21NO5S/c1-4-5-19-6-7-20-14(16)12-8-10(2)11(3)13(9-12)21(15,17)18/h8-9H,4-7H2,1-3H3,(H2,15,17,18). The maximum Gasteiger partial charge on any atom is 0.338 e. The lowest BCUT2D eigenvalue weighted by Crippen LogP contribution is -2.17. The lowest BCUT2D eigenvalue weighted by Gasteiger charge is -2.10. The molecule has 0 saturated heterocycles. The quantitative estimate of drug-likeness (QED) is 0.608. The van der Waals surface area contributed by atoms with Crippen molar-refractivity contribution in [2.24, 2.45) is 5.14 Å². The van der Waals surface area contributed by atoms with Crippen molar-refractivity contribution in [2.45, 2.75) is 32.1 Å². The summed E-state index contributed by atoms with van der Waals surface area (Å²) in [6, 6.07) is 2.83. The second-order valence-corrected chi connectivity index (χ2v) is 6.24. The molecule has 21 heavy (non-hydrogen) atoms. The molecular weight excluding hydrogens is 294 g/mol. The van der Waals surface area contributed by atoms with Gasteiger partial charge in [0.05, 0.1) is 17.1 Å². The van der Waals surface area contributed by atoms with Gasteiger partial charge in [0.25, 0.3) is 0 Å². The van der Waals surface area contributed by atoms with Gasteiger partial charge in [0.2, 0.25) is 10.0 Å². The fraction of sp³-hybridized carbons (Fsp3) is 0.500. The smallest absolute Gasteiger partial charge is 0.338 e. The van der Waals surface area contributed by atoms with Crippen LogP contribution in [0.1, 0.15) is 34.8 Å². The third kappa shape index (κ3) is 5.11. The first-order valence-corrected chi connectivity index (χ1v) is 8.21. The summed E-state index contributed by atoms with van der Waals surface area (Å²) in [6.07, 6.45) is 0.892. The minimum atomic E-state index is -3.88. The van der Waals surface area contributed by atoms with E-state index in [9.17, 15) is 13.2 Å². The molecule has 0 aromatic heterocycles. The second-order valence-electron chi connectivity index (χ2n) is 4.71. The van der Waals surface area contributed by atoms with E-state index in [2.05, 4.69) is 0 Å². The molecule has 118 valence electrons. The van der Waals surface area contributed by atoms with Crippen LogP contribution < -0.4 is 5.14 Å². The molecule has 0 aliphatic rings. The molecule has 2 N–H and O–H groups in total. The highest BCUT2D eigenvalue weighted by Gasteiger charge is 2.18. The molecule has 0 bridgehead atoms. The summed E-state index contributed by atoms with van der Waals surface area (Å²) in [4.78, 5) is 11.8. The molecule has 0 unspecified atom stereocenters. The summed E-state index contributed by atoms with van der Waals surface area (Å²) < 4.78 is 33.3. The van der Waals surface area contributed by atoms with Gasteiger partial charge in [0, 0.05) is 6.61 Å². The summed E-state index contributed by atoms with van der Waals surface area (Å²) in [5.74, 6) is -0.594. The Kier molecular flexibility index (Phi) is 6.32. The molecule has 0 aliphatic carbocycles. The summed E-state index contributed by atoms with van der Waals surface area (Å²) in [5, 5.41) is 5.15. The monoisotopic (exact) mass is 315 g/mol. The van der Waals surface area contributed by atoms with Gasteiger partial charge in [-0.3, -0.25) is 0 Å². The summed E-state index contributed by atoms with van der Waals surface area (Å²) >= 11 is 0. The first-order valence-electron chi connectivity index (χ1n) is 6.66. The molecule has 6 nitrogen and oxygen atoms in total. The van der Waals surface area contributed by atoms with Crippen LogP contribution >= 0.6 is 0 Å². The Labute approximate surface area is 125 Å². The van der Waals surface area contributed by atoms with E-state index in [1.165, 1.54) is 6.07 Å². The molecule has 0 saturated carbocycles. The largest absolute Gasteiger partial charge is 0.460 e. The number of benzene rings is 1. The van der Waals surface area contributed by atoms with Crippen LogP contribution in [0.15, 0.2) is 17.0 Å². The predicted molar refractivity (Wildman–Crippen MR) is 78.7 cm³/mol. The molecule has 0 spiro atoms. The number of hydrogen-bond acceptors (Lipinski definition) is 5. The van der Waals surface area contributed by atoms with Crippen molar-refractivity contribution < 1.29 is 22.7 Å². The zero-order valence-electron chi connectivity index (χ0n) is 12.5. The second kappa shape index (κ2) is 7.53. The number of rotatable bonds is 7. The van der Waals surface area contributed by atoms with Crippen LogP contribution in [0.3, 0.4) is 0 Å². The molecule has 0 atom stereocenters. The number of carbonyl (C=O) groups is 1. The van der Waals surface area contributed by atoms with Crippen molar-refractivity contribution in [3.05, 3.63) is 28.8 Å². The van der Waals surface area contributed by atoms with Crippen LogP contribution in [0.4, 0.5) is 0 Å². The fourth-order valence-electron chi connectivity index (χ4n) is 1.76.